The predicted molar refractivity (Wildman–Crippen MR) is 126 cm³/mol. The minimum atomic E-state index is -0.133. The summed E-state index contributed by atoms with van der Waals surface area (Å²) in [7, 11) is 3.16. The van der Waals surface area contributed by atoms with E-state index >= 15 is 0 Å². The van der Waals surface area contributed by atoms with Gasteiger partial charge in [-0.25, -0.2) is 0 Å². The molecule has 4 rings (SSSR count). The van der Waals surface area contributed by atoms with E-state index < -0.39 is 0 Å². The maximum Gasteiger partial charge on any atom is 0.262 e. The van der Waals surface area contributed by atoms with Crippen LogP contribution in [0.5, 0.6) is 17.2 Å². The van der Waals surface area contributed by atoms with Crippen molar-refractivity contribution in [1.82, 2.24) is 4.57 Å². The molecule has 5 nitrogen and oxygen atoms in total. The summed E-state index contributed by atoms with van der Waals surface area (Å²) in [4.78, 5) is 13.6. The lowest BCUT2D eigenvalue weighted by Crippen LogP contribution is -2.22. The molecule has 32 heavy (non-hydrogen) atoms. The van der Waals surface area contributed by atoms with Crippen LogP contribution >= 0.6 is 0 Å². The summed E-state index contributed by atoms with van der Waals surface area (Å²) in [6.07, 6.45) is 1.78. The highest BCUT2D eigenvalue weighted by molar-refractivity contribution is 5.72. The molecule has 1 heterocycles. The Kier molecular flexibility index (Phi) is 6.56. The molecule has 5 heteroatoms. The molecule has 0 unspecified atom stereocenters. The van der Waals surface area contributed by atoms with E-state index in [4.69, 9.17) is 14.2 Å². The van der Waals surface area contributed by atoms with Gasteiger partial charge in [0.2, 0.25) is 0 Å². The standard InChI is InChI=1S/C27H25NO4/c1-30-23-14-13-22(17-25(23)31-2)26-24(32-19-21-11-7-4-8-12-21)15-16-28(27(26)29)18-20-9-5-3-6-10-20/h3-17H,18-19H2,1-2H3. The summed E-state index contributed by atoms with van der Waals surface area (Å²) < 4.78 is 18.6. The molecule has 0 aliphatic heterocycles. The van der Waals surface area contributed by atoms with Crippen molar-refractivity contribution in [3.63, 3.8) is 0 Å². The summed E-state index contributed by atoms with van der Waals surface area (Å²) in [6, 6.07) is 27.1. The number of hydrogen-bond acceptors (Lipinski definition) is 4. The summed E-state index contributed by atoms with van der Waals surface area (Å²) in [5.74, 6) is 1.68. The lowest BCUT2D eigenvalue weighted by atomic mass is 10.1. The van der Waals surface area contributed by atoms with Crippen molar-refractivity contribution in [3.8, 4) is 28.4 Å². The van der Waals surface area contributed by atoms with Gasteiger partial charge in [-0.05, 0) is 34.9 Å². The lowest BCUT2D eigenvalue weighted by Gasteiger charge is -2.16. The van der Waals surface area contributed by atoms with Gasteiger partial charge in [0, 0.05) is 6.20 Å². The first kappa shape index (κ1) is 21.2. The third-order valence-corrected chi connectivity index (χ3v) is 5.23. The molecule has 0 fully saturated rings. The average molecular weight is 428 g/mol. The molecule has 0 atom stereocenters. The molecule has 1 aromatic heterocycles. The second-order valence-corrected chi connectivity index (χ2v) is 7.32. The van der Waals surface area contributed by atoms with Gasteiger partial charge in [0.1, 0.15) is 12.4 Å². The highest BCUT2D eigenvalue weighted by atomic mass is 16.5. The van der Waals surface area contributed by atoms with Gasteiger partial charge in [0.05, 0.1) is 26.3 Å². The summed E-state index contributed by atoms with van der Waals surface area (Å²) in [6.45, 7) is 0.836. The minimum Gasteiger partial charge on any atom is -0.493 e. The Labute approximate surface area is 187 Å². The van der Waals surface area contributed by atoms with Gasteiger partial charge in [-0.3, -0.25) is 4.79 Å². The predicted octanol–water partition coefficient (Wildman–Crippen LogP) is 5.16. The van der Waals surface area contributed by atoms with Crippen LogP contribution in [0.4, 0.5) is 0 Å². The lowest BCUT2D eigenvalue weighted by molar-refractivity contribution is 0.306. The fourth-order valence-electron chi connectivity index (χ4n) is 3.58. The molecule has 162 valence electrons. The first-order valence-electron chi connectivity index (χ1n) is 10.4. The van der Waals surface area contributed by atoms with Crippen molar-refractivity contribution in [2.45, 2.75) is 13.2 Å². The zero-order chi connectivity index (χ0) is 22.3. The van der Waals surface area contributed by atoms with Gasteiger partial charge in [0.15, 0.2) is 11.5 Å². The number of aromatic nitrogens is 1. The summed E-state index contributed by atoms with van der Waals surface area (Å²) in [5, 5.41) is 0. The van der Waals surface area contributed by atoms with Crippen molar-refractivity contribution in [1.29, 1.82) is 0 Å². The maximum atomic E-state index is 13.6. The van der Waals surface area contributed by atoms with E-state index in [0.717, 1.165) is 11.1 Å². The van der Waals surface area contributed by atoms with Gasteiger partial charge in [0.25, 0.3) is 5.56 Å². The maximum absolute atomic E-state index is 13.6. The van der Waals surface area contributed by atoms with E-state index in [9.17, 15) is 4.79 Å². The number of methoxy groups -OCH3 is 2. The molecule has 0 spiro atoms. The van der Waals surface area contributed by atoms with Crippen LogP contribution in [0, 0.1) is 0 Å². The van der Waals surface area contributed by atoms with Gasteiger partial charge < -0.3 is 18.8 Å². The number of pyridine rings is 1. The quantitative estimate of drug-likeness (QED) is 0.390. The largest absolute Gasteiger partial charge is 0.493 e. The average Bonchev–Trinajstić information content (AvgIpc) is 2.85. The fourth-order valence-corrected chi connectivity index (χ4v) is 3.58. The third kappa shape index (κ3) is 4.67. The Morgan fingerprint density at radius 1 is 0.719 bits per heavy atom. The molecule has 0 saturated heterocycles. The molecule has 0 amide bonds. The van der Waals surface area contributed by atoms with E-state index in [1.165, 1.54) is 0 Å². The molecule has 0 aliphatic carbocycles. The number of ether oxygens (including phenoxy) is 3. The van der Waals surface area contributed by atoms with Crippen molar-refractivity contribution < 1.29 is 14.2 Å². The van der Waals surface area contributed by atoms with Crippen LogP contribution < -0.4 is 19.8 Å². The number of hydrogen-bond donors (Lipinski definition) is 0. The van der Waals surface area contributed by atoms with Crippen LogP contribution in [0.25, 0.3) is 11.1 Å². The Morgan fingerprint density at radius 2 is 1.38 bits per heavy atom. The minimum absolute atomic E-state index is 0.133. The van der Waals surface area contributed by atoms with E-state index in [-0.39, 0.29) is 5.56 Å². The summed E-state index contributed by atoms with van der Waals surface area (Å²) >= 11 is 0. The second-order valence-electron chi connectivity index (χ2n) is 7.32. The van der Waals surface area contributed by atoms with E-state index in [0.29, 0.717) is 41.5 Å². The smallest absolute Gasteiger partial charge is 0.262 e. The van der Waals surface area contributed by atoms with Gasteiger partial charge in [-0.1, -0.05) is 66.7 Å². The van der Waals surface area contributed by atoms with Crippen molar-refractivity contribution in [2.24, 2.45) is 0 Å². The molecule has 0 N–H and O–H groups in total. The number of benzene rings is 3. The van der Waals surface area contributed by atoms with Crippen LogP contribution in [0.2, 0.25) is 0 Å². The van der Waals surface area contributed by atoms with Crippen molar-refractivity contribution >= 4 is 0 Å². The Balaban J connectivity index is 1.77. The Morgan fingerprint density at radius 3 is 2.03 bits per heavy atom. The normalized spacial score (nSPS) is 10.6. The van der Waals surface area contributed by atoms with Crippen molar-refractivity contribution in [3.05, 3.63) is 113 Å². The monoisotopic (exact) mass is 427 g/mol. The highest BCUT2D eigenvalue weighted by Crippen LogP contribution is 2.34. The van der Waals surface area contributed by atoms with Crippen LogP contribution in [0.3, 0.4) is 0 Å². The topological polar surface area (TPSA) is 49.7 Å². The van der Waals surface area contributed by atoms with E-state index in [1.807, 2.05) is 72.8 Å². The second kappa shape index (κ2) is 9.88. The zero-order valence-electron chi connectivity index (χ0n) is 18.2. The van der Waals surface area contributed by atoms with Gasteiger partial charge in [-0.2, -0.15) is 0 Å². The van der Waals surface area contributed by atoms with Crippen LogP contribution in [0.1, 0.15) is 11.1 Å². The molecule has 0 aliphatic rings. The third-order valence-electron chi connectivity index (χ3n) is 5.23. The van der Waals surface area contributed by atoms with Gasteiger partial charge >= 0.3 is 0 Å². The Hall–Kier alpha value is -3.99. The summed E-state index contributed by atoms with van der Waals surface area (Å²) in [5.41, 5.74) is 3.13. The van der Waals surface area contributed by atoms with Gasteiger partial charge in [-0.15, -0.1) is 0 Å². The molecule has 0 bridgehead atoms. The van der Waals surface area contributed by atoms with Crippen LogP contribution in [0.15, 0.2) is 95.9 Å². The fraction of sp³-hybridized carbons (Fsp3) is 0.148. The van der Waals surface area contributed by atoms with Crippen molar-refractivity contribution in [2.75, 3.05) is 14.2 Å². The van der Waals surface area contributed by atoms with E-state index in [1.54, 1.807) is 37.1 Å². The Bertz CT molecular complexity index is 1230. The molecule has 4 aromatic rings. The number of rotatable bonds is 8. The highest BCUT2D eigenvalue weighted by Gasteiger charge is 2.17. The molecular weight excluding hydrogens is 402 g/mol. The first-order chi connectivity index (χ1) is 15.7. The zero-order valence-corrected chi connectivity index (χ0v) is 18.2. The molecule has 0 saturated carbocycles. The molecular formula is C27H25NO4. The van der Waals surface area contributed by atoms with Crippen LogP contribution in [-0.2, 0) is 13.2 Å². The molecule has 3 aromatic carbocycles. The SMILES string of the molecule is COc1ccc(-c2c(OCc3ccccc3)ccn(Cc3ccccc3)c2=O)cc1OC. The van der Waals surface area contributed by atoms with Crippen LogP contribution in [-0.4, -0.2) is 18.8 Å². The molecule has 0 radical (unpaired) electrons. The first-order valence-corrected chi connectivity index (χ1v) is 10.4. The number of nitrogens with zero attached hydrogens (tertiary/aromatic N) is 1. The van der Waals surface area contributed by atoms with E-state index in [2.05, 4.69) is 0 Å².